The topological polar surface area (TPSA) is 116 Å². The molecular formula is C11H10BrN5O3. The molecule has 2 rings (SSSR count). The van der Waals surface area contributed by atoms with Crippen molar-refractivity contribution in [3.05, 3.63) is 61.1 Å². The largest absolute Gasteiger partial charge is 0.335 e. The number of rotatable bonds is 4. The third kappa shape index (κ3) is 3.00. The highest BCUT2D eigenvalue weighted by Crippen LogP contribution is 2.15. The van der Waals surface area contributed by atoms with Gasteiger partial charge in [0.05, 0.1) is 11.5 Å². The van der Waals surface area contributed by atoms with E-state index in [1.165, 1.54) is 23.0 Å². The van der Waals surface area contributed by atoms with E-state index < -0.39 is 16.2 Å². The van der Waals surface area contributed by atoms with E-state index in [2.05, 4.69) is 26.3 Å². The Bertz CT molecular complexity index is 698. The molecule has 3 N–H and O–H groups in total. The molecule has 0 fully saturated rings. The number of nitrogens with two attached hydrogens (primary N) is 1. The SMILES string of the molecule is NNc1ccc(Cn2cc(Br)cc([N+](=O)[O-])c2=O)cn1. The number of hydrazine groups is 1. The maximum Gasteiger partial charge on any atom is 0.335 e. The Labute approximate surface area is 121 Å². The van der Waals surface area contributed by atoms with Gasteiger partial charge in [0.15, 0.2) is 0 Å². The summed E-state index contributed by atoms with van der Waals surface area (Å²) in [4.78, 5) is 26.0. The molecule has 0 radical (unpaired) electrons. The second-order valence-corrected chi connectivity index (χ2v) is 4.85. The number of nitrogen functional groups attached to an aromatic ring is 1. The lowest BCUT2D eigenvalue weighted by atomic mass is 10.2. The Balaban J connectivity index is 2.37. The van der Waals surface area contributed by atoms with E-state index in [9.17, 15) is 14.9 Å². The summed E-state index contributed by atoms with van der Waals surface area (Å²) in [5.74, 6) is 5.69. The first-order valence-corrected chi connectivity index (χ1v) is 6.26. The van der Waals surface area contributed by atoms with Crippen molar-refractivity contribution in [2.75, 3.05) is 5.43 Å². The zero-order valence-electron chi connectivity index (χ0n) is 10.1. The van der Waals surface area contributed by atoms with E-state index in [0.717, 1.165) is 5.56 Å². The zero-order valence-corrected chi connectivity index (χ0v) is 11.7. The first-order valence-electron chi connectivity index (χ1n) is 5.47. The number of aromatic nitrogens is 2. The van der Waals surface area contributed by atoms with Crippen molar-refractivity contribution in [1.29, 1.82) is 0 Å². The molecule has 0 saturated carbocycles. The molecule has 0 aliphatic heterocycles. The molecule has 0 aliphatic carbocycles. The summed E-state index contributed by atoms with van der Waals surface area (Å²) in [7, 11) is 0. The Morgan fingerprint density at radius 1 is 1.50 bits per heavy atom. The maximum absolute atomic E-state index is 11.9. The van der Waals surface area contributed by atoms with E-state index in [1.807, 2.05) is 0 Å². The van der Waals surface area contributed by atoms with Gasteiger partial charge in [0.2, 0.25) is 0 Å². The number of anilines is 1. The van der Waals surface area contributed by atoms with Gasteiger partial charge in [-0.05, 0) is 27.6 Å². The summed E-state index contributed by atoms with van der Waals surface area (Å²) >= 11 is 3.15. The molecule has 0 bridgehead atoms. The second kappa shape index (κ2) is 5.80. The fourth-order valence-electron chi connectivity index (χ4n) is 1.63. The summed E-state index contributed by atoms with van der Waals surface area (Å²) in [6.07, 6.45) is 3.03. The number of nitro groups is 1. The van der Waals surface area contributed by atoms with Gasteiger partial charge in [-0.1, -0.05) is 6.07 Å². The van der Waals surface area contributed by atoms with Gasteiger partial charge in [0.1, 0.15) is 5.82 Å². The first-order chi connectivity index (χ1) is 9.51. The van der Waals surface area contributed by atoms with Crippen LogP contribution in [0.2, 0.25) is 0 Å². The van der Waals surface area contributed by atoms with Crippen LogP contribution >= 0.6 is 15.9 Å². The van der Waals surface area contributed by atoms with E-state index >= 15 is 0 Å². The summed E-state index contributed by atoms with van der Waals surface area (Å²) in [5.41, 5.74) is 1.96. The number of pyridine rings is 2. The minimum Gasteiger partial charge on any atom is -0.308 e. The molecule has 104 valence electrons. The Hall–Kier alpha value is -2.26. The normalized spacial score (nSPS) is 10.3. The average Bonchev–Trinajstić information content (AvgIpc) is 2.43. The second-order valence-electron chi connectivity index (χ2n) is 3.93. The van der Waals surface area contributed by atoms with Gasteiger partial charge in [-0.2, -0.15) is 0 Å². The molecule has 20 heavy (non-hydrogen) atoms. The number of nitrogens with zero attached hydrogens (tertiary/aromatic N) is 3. The lowest BCUT2D eigenvalue weighted by Crippen LogP contribution is -2.22. The molecule has 0 aliphatic rings. The van der Waals surface area contributed by atoms with Gasteiger partial charge in [0.25, 0.3) is 0 Å². The Morgan fingerprint density at radius 3 is 2.80 bits per heavy atom. The van der Waals surface area contributed by atoms with Crippen LogP contribution in [-0.4, -0.2) is 14.5 Å². The highest BCUT2D eigenvalue weighted by Gasteiger charge is 2.16. The maximum atomic E-state index is 11.9. The van der Waals surface area contributed by atoms with Crippen molar-refractivity contribution in [2.24, 2.45) is 5.84 Å². The van der Waals surface area contributed by atoms with Crippen LogP contribution < -0.4 is 16.8 Å². The number of nitrogens with one attached hydrogen (secondary N) is 1. The molecule has 2 aromatic heterocycles. The lowest BCUT2D eigenvalue weighted by molar-refractivity contribution is -0.386. The summed E-state index contributed by atoms with van der Waals surface area (Å²) in [6, 6.07) is 4.55. The zero-order chi connectivity index (χ0) is 14.7. The van der Waals surface area contributed by atoms with Crippen LogP contribution in [0.5, 0.6) is 0 Å². The van der Waals surface area contributed by atoms with Gasteiger partial charge in [-0.25, -0.2) is 10.8 Å². The Morgan fingerprint density at radius 2 is 2.25 bits per heavy atom. The van der Waals surface area contributed by atoms with Crippen molar-refractivity contribution in [2.45, 2.75) is 6.54 Å². The van der Waals surface area contributed by atoms with Crippen LogP contribution in [-0.2, 0) is 6.54 Å². The van der Waals surface area contributed by atoms with Crippen LogP contribution in [0, 0.1) is 10.1 Å². The number of hydrogen-bond donors (Lipinski definition) is 2. The molecule has 2 heterocycles. The molecule has 0 aromatic carbocycles. The van der Waals surface area contributed by atoms with Crippen molar-refractivity contribution in [3.63, 3.8) is 0 Å². The van der Waals surface area contributed by atoms with E-state index in [4.69, 9.17) is 5.84 Å². The number of halogens is 1. The van der Waals surface area contributed by atoms with Gasteiger partial charge in [0, 0.05) is 22.9 Å². The minimum absolute atomic E-state index is 0.178. The van der Waals surface area contributed by atoms with Crippen molar-refractivity contribution in [1.82, 2.24) is 9.55 Å². The molecular weight excluding hydrogens is 330 g/mol. The van der Waals surface area contributed by atoms with Gasteiger partial charge < -0.3 is 9.99 Å². The highest BCUT2D eigenvalue weighted by molar-refractivity contribution is 9.10. The van der Waals surface area contributed by atoms with E-state index in [0.29, 0.717) is 10.3 Å². The summed E-state index contributed by atoms with van der Waals surface area (Å²) < 4.78 is 1.70. The van der Waals surface area contributed by atoms with E-state index in [-0.39, 0.29) is 6.54 Å². The Kier molecular flexibility index (Phi) is 4.11. The van der Waals surface area contributed by atoms with Crippen molar-refractivity contribution < 1.29 is 4.92 Å². The molecule has 8 nitrogen and oxygen atoms in total. The van der Waals surface area contributed by atoms with E-state index in [1.54, 1.807) is 12.1 Å². The third-order valence-electron chi connectivity index (χ3n) is 2.56. The van der Waals surface area contributed by atoms with Gasteiger partial charge >= 0.3 is 11.2 Å². The molecule has 0 amide bonds. The molecule has 0 saturated heterocycles. The smallest absolute Gasteiger partial charge is 0.308 e. The standard InChI is InChI=1S/C11H10BrN5O3/c12-8-3-9(17(19)20)11(18)16(6-8)5-7-1-2-10(15-13)14-4-7/h1-4,6H,5,13H2,(H,14,15). The quantitative estimate of drug-likeness (QED) is 0.492. The molecule has 0 atom stereocenters. The molecule has 9 heteroatoms. The summed E-state index contributed by atoms with van der Waals surface area (Å²) in [5, 5.41) is 10.8. The van der Waals surface area contributed by atoms with Crippen LogP contribution in [0.1, 0.15) is 5.56 Å². The highest BCUT2D eigenvalue weighted by atomic mass is 79.9. The van der Waals surface area contributed by atoms with Crippen LogP contribution in [0.15, 0.2) is 39.9 Å². The van der Waals surface area contributed by atoms with Crippen LogP contribution in [0.3, 0.4) is 0 Å². The van der Waals surface area contributed by atoms with Crippen molar-refractivity contribution >= 4 is 27.4 Å². The fourth-order valence-corrected chi connectivity index (χ4v) is 2.10. The fraction of sp³-hybridized carbons (Fsp3) is 0.0909. The molecule has 2 aromatic rings. The summed E-state index contributed by atoms with van der Waals surface area (Å²) in [6.45, 7) is 0.178. The van der Waals surface area contributed by atoms with Crippen LogP contribution in [0.25, 0.3) is 0 Å². The minimum atomic E-state index is -0.705. The van der Waals surface area contributed by atoms with Gasteiger partial charge in [-0.15, -0.1) is 0 Å². The average molecular weight is 340 g/mol. The predicted molar refractivity (Wildman–Crippen MR) is 76.2 cm³/mol. The van der Waals surface area contributed by atoms with Crippen LogP contribution in [0.4, 0.5) is 11.5 Å². The van der Waals surface area contributed by atoms with Crippen molar-refractivity contribution in [3.8, 4) is 0 Å². The van der Waals surface area contributed by atoms with Gasteiger partial charge in [-0.3, -0.25) is 14.9 Å². The molecule has 0 spiro atoms. The predicted octanol–water partition coefficient (Wildman–Crippen LogP) is 1.25. The third-order valence-corrected chi connectivity index (χ3v) is 2.99. The lowest BCUT2D eigenvalue weighted by Gasteiger charge is -2.07. The first kappa shape index (κ1) is 14.2. The monoisotopic (exact) mass is 339 g/mol. The number of hydrogen-bond acceptors (Lipinski definition) is 6. The molecule has 0 unspecified atom stereocenters.